The van der Waals surface area contributed by atoms with E-state index in [1.807, 2.05) is 4.90 Å². The Morgan fingerprint density at radius 3 is 2.54 bits per heavy atom. The molecule has 1 aliphatic carbocycles. The first-order valence-electron chi connectivity index (χ1n) is 10.4. The fourth-order valence-corrected chi connectivity index (χ4v) is 4.50. The van der Waals surface area contributed by atoms with Gasteiger partial charge in [-0.15, -0.1) is 0 Å². The van der Waals surface area contributed by atoms with E-state index in [0.29, 0.717) is 44.3 Å². The number of carbonyl (C=O) groups is 2. The molecule has 1 saturated carbocycles. The first kappa shape index (κ1) is 20.9. The zero-order valence-corrected chi connectivity index (χ0v) is 16.7. The van der Waals surface area contributed by atoms with Crippen molar-refractivity contribution in [2.75, 3.05) is 19.6 Å². The molecule has 0 spiro atoms. The number of ketones is 1. The fourth-order valence-electron chi connectivity index (χ4n) is 4.50. The quantitative estimate of drug-likeness (QED) is 0.776. The zero-order chi connectivity index (χ0) is 20.3. The highest BCUT2D eigenvalue weighted by atomic mass is 19.1. The van der Waals surface area contributed by atoms with E-state index in [1.165, 1.54) is 6.42 Å². The normalized spacial score (nSPS) is 26.8. The molecule has 0 bridgehead atoms. The summed E-state index contributed by atoms with van der Waals surface area (Å²) >= 11 is 0. The minimum absolute atomic E-state index is 0.0342. The minimum atomic E-state index is -0.677. The molecule has 6 heteroatoms. The van der Waals surface area contributed by atoms with Crippen molar-refractivity contribution in [1.29, 1.82) is 0 Å². The van der Waals surface area contributed by atoms with Crippen molar-refractivity contribution in [3.8, 4) is 0 Å². The van der Waals surface area contributed by atoms with Crippen molar-refractivity contribution >= 4 is 11.7 Å². The molecule has 0 aromatic heterocycles. The molecule has 2 aliphatic rings. The highest BCUT2D eigenvalue weighted by molar-refractivity contribution is 5.98. The second-order valence-corrected chi connectivity index (χ2v) is 8.48. The Kier molecular flexibility index (Phi) is 6.81. The second kappa shape index (κ2) is 9.12. The highest BCUT2D eigenvalue weighted by Gasteiger charge is 2.30. The predicted octanol–water partition coefficient (Wildman–Crippen LogP) is 3.80. The van der Waals surface area contributed by atoms with Crippen molar-refractivity contribution in [2.45, 2.75) is 52.0 Å². The van der Waals surface area contributed by atoms with Gasteiger partial charge in [0.1, 0.15) is 11.6 Å². The molecule has 154 valence electrons. The minimum Gasteiger partial charge on any atom is -0.352 e. The number of carbonyl (C=O) groups excluding carboxylic acids is 2. The third kappa shape index (κ3) is 4.96. The summed E-state index contributed by atoms with van der Waals surface area (Å²) in [6, 6.07) is 3.23. The molecule has 0 unspecified atom stereocenters. The summed E-state index contributed by atoms with van der Waals surface area (Å²) < 4.78 is 27.2. The van der Waals surface area contributed by atoms with Gasteiger partial charge in [-0.2, -0.15) is 0 Å². The van der Waals surface area contributed by atoms with Crippen LogP contribution in [0.25, 0.3) is 0 Å². The summed E-state index contributed by atoms with van der Waals surface area (Å²) in [6.07, 6.45) is 4.52. The van der Waals surface area contributed by atoms with Gasteiger partial charge < -0.3 is 5.32 Å². The van der Waals surface area contributed by atoms with Gasteiger partial charge in [0.2, 0.25) is 5.91 Å². The van der Waals surface area contributed by atoms with E-state index in [4.69, 9.17) is 0 Å². The lowest BCUT2D eigenvalue weighted by molar-refractivity contribution is -0.124. The van der Waals surface area contributed by atoms with Crippen LogP contribution < -0.4 is 5.32 Å². The molecule has 28 heavy (non-hydrogen) atoms. The molecule has 1 saturated heterocycles. The van der Waals surface area contributed by atoms with Gasteiger partial charge in [0, 0.05) is 12.0 Å². The van der Waals surface area contributed by atoms with Crippen LogP contribution in [0.15, 0.2) is 18.2 Å². The Hall–Kier alpha value is -1.82. The van der Waals surface area contributed by atoms with E-state index in [1.54, 1.807) is 0 Å². The zero-order valence-electron chi connectivity index (χ0n) is 16.7. The SMILES string of the molecule is C[C@@H]1[C@H](C)CCC[C@H]1NC(=O)CN1CCC(C(=O)c2cc(F)ccc2F)CC1. The molecule has 1 heterocycles. The third-order valence-electron chi connectivity index (χ3n) is 6.57. The molecule has 1 aromatic rings. The Labute approximate surface area is 165 Å². The lowest BCUT2D eigenvalue weighted by atomic mass is 9.78. The predicted molar refractivity (Wildman–Crippen MR) is 104 cm³/mol. The molecule has 1 aliphatic heterocycles. The number of piperidine rings is 1. The topological polar surface area (TPSA) is 49.4 Å². The van der Waals surface area contributed by atoms with Crippen LogP contribution in [0.1, 0.15) is 56.3 Å². The maximum atomic E-state index is 13.9. The van der Waals surface area contributed by atoms with Crippen LogP contribution in [0.5, 0.6) is 0 Å². The number of benzene rings is 1. The lowest BCUT2D eigenvalue weighted by Gasteiger charge is -2.36. The van der Waals surface area contributed by atoms with Gasteiger partial charge in [0.15, 0.2) is 5.78 Å². The van der Waals surface area contributed by atoms with Gasteiger partial charge in [-0.1, -0.05) is 26.7 Å². The summed E-state index contributed by atoms with van der Waals surface area (Å²) in [7, 11) is 0. The monoisotopic (exact) mass is 392 g/mol. The largest absolute Gasteiger partial charge is 0.352 e. The second-order valence-electron chi connectivity index (χ2n) is 8.48. The van der Waals surface area contributed by atoms with Crippen LogP contribution in [0, 0.1) is 29.4 Å². The van der Waals surface area contributed by atoms with Crippen LogP contribution in [0.4, 0.5) is 8.78 Å². The summed E-state index contributed by atoms with van der Waals surface area (Å²) in [5.74, 6) is -0.798. The number of rotatable bonds is 5. The van der Waals surface area contributed by atoms with E-state index in [9.17, 15) is 18.4 Å². The first-order chi connectivity index (χ1) is 13.3. The van der Waals surface area contributed by atoms with Gasteiger partial charge in [-0.3, -0.25) is 14.5 Å². The molecule has 3 rings (SSSR count). The number of hydrogen-bond donors (Lipinski definition) is 1. The first-order valence-corrected chi connectivity index (χ1v) is 10.4. The van der Waals surface area contributed by atoms with E-state index in [0.717, 1.165) is 31.0 Å². The van der Waals surface area contributed by atoms with Crippen molar-refractivity contribution in [3.05, 3.63) is 35.4 Å². The van der Waals surface area contributed by atoms with Crippen molar-refractivity contribution in [3.63, 3.8) is 0 Å². The van der Waals surface area contributed by atoms with Gasteiger partial charge in [-0.05, 0) is 62.4 Å². The molecule has 2 fully saturated rings. The summed E-state index contributed by atoms with van der Waals surface area (Å²) in [4.78, 5) is 27.0. The van der Waals surface area contributed by atoms with E-state index < -0.39 is 11.6 Å². The fraction of sp³-hybridized carbons (Fsp3) is 0.636. The van der Waals surface area contributed by atoms with Gasteiger partial charge in [0.25, 0.3) is 0 Å². The van der Waals surface area contributed by atoms with E-state index >= 15 is 0 Å². The van der Waals surface area contributed by atoms with Gasteiger partial charge >= 0.3 is 0 Å². The van der Waals surface area contributed by atoms with Crippen molar-refractivity contribution in [2.24, 2.45) is 17.8 Å². The molecule has 1 amide bonds. The lowest BCUT2D eigenvalue weighted by Crippen LogP contribution is -2.48. The number of hydrogen-bond acceptors (Lipinski definition) is 3. The molecular formula is C22H30F2N2O2. The smallest absolute Gasteiger partial charge is 0.234 e. The number of nitrogens with one attached hydrogen (secondary N) is 1. The Morgan fingerprint density at radius 2 is 1.82 bits per heavy atom. The number of halogens is 2. The molecular weight excluding hydrogens is 362 g/mol. The Bertz CT molecular complexity index is 716. The summed E-state index contributed by atoms with van der Waals surface area (Å²) in [5, 5.41) is 3.18. The van der Waals surface area contributed by atoms with Crippen LogP contribution in [0.3, 0.4) is 0 Å². The van der Waals surface area contributed by atoms with E-state index in [-0.39, 0.29) is 29.2 Å². The van der Waals surface area contributed by atoms with Crippen LogP contribution in [-0.2, 0) is 4.79 Å². The van der Waals surface area contributed by atoms with Crippen LogP contribution in [0.2, 0.25) is 0 Å². The molecule has 3 atom stereocenters. The molecule has 1 N–H and O–H groups in total. The number of Topliss-reactive ketones (excluding diaryl/α,β-unsaturated/α-hetero) is 1. The Balaban J connectivity index is 1.48. The summed E-state index contributed by atoms with van der Waals surface area (Å²) in [6.45, 7) is 5.99. The number of likely N-dealkylation sites (tertiary alicyclic amines) is 1. The maximum absolute atomic E-state index is 13.9. The highest BCUT2D eigenvalue weighted by Crippen LogP contribution is 2.29. The average Bonchev–Trinajstić information content (AvgIpc) is 2.67. The van der Waals surface area contributed by atoms with Gasteiger partial charge in [0.05, 0.1) is 12.1 Å². The number of amides is 1. The molecule has 1 aromatic carbocycles. The maximum Gasteiger partial charge on any atom is 0.234 e. The third-order valence-corrected chi connectivity index (χ3v) is 6.57. The molecule has 0 radical (unpaired) electrons. The van der Waals surface area contributed by atoms with Crippen molar-refractivity contribution in [1.82, 2.24) is 10.2 Å². The summed E-state index contributed by atoms with van der Waals surface area (Å²) in [5.41, 5.74) is -0.170. The van der Waals surface area contributed by atoms with Crippen LogP contribution >= 0.6 is 0 Å². The van der Waals surface area contributed by atoms with Crippen molar-refractivity contribution < 1.29 is 18.4 Å². The Morgan fingerprint density at radius 1 is 1.11 bits per heavy atom. The standard InChI is InChI=1S/C22H30F2N2O2/c1-14-4-3-5-20(15(14)2)25-21(27)13-26-10-8-16(9-11-26)22(28)18-12-17(23)6-7-19(18)24/h6-7,12,14-16,20H,3-5,8-11,13H2,1-2H3,(H,25,27)/t14-,15-,20-/m1/s1. The average molecular weight is 392 g/mol. The van der Waals surface area contributed by atoms with Crippen LogP contribution in [-0.4, -0.2) is 42.3 Å². The van der Waals surface area contributed by atoms with E-state index in [2.05, 4.69) is 19.2 Å². The number of nitrogens with zero attached hydrogens (tertiary/aromatic N) is 1. The van der Waals surface area contributed by atoms with Gasteiger partial charge in [-0.25, -0.2) is 8.78 Å². The molecule has 4 nitrogen and oxygen atoms in total.